The number of phenols is 1. The van der Waals surface area contributed by atoms with Gasteiger partial charge in [0.15, 0.2) is 11.5 Å². The van der Waals surface area contributed by atoms with Crippen LogP contribution in [0.25, 0.3) is 6.08 Å². The topological polar surface area (TPSA) is 116 Å². The number of halogens is 2. The Morgan fingerprint density at radius 1 is 0.926 bits per heavy atom. The third-order valence-corrected chi connectivity index (χ3v) is 11.9. The largest absolute Gasteiger partial charge is 0.504 e. The molecule has 6 unspecified atom stereocenters. The van der Waals surface area contributed by atoms with Gasteiger partial charge in [0.1, 0.15) is 5.82 Å². The van der Waals surface area contributed by atoms with Gasteiger partial charge in [0.05, 0.1) is 41.7 Å². The first-order chi connectivity index (χ1) is 26.1. The first-order valence-electron chi connectivity index (χ1n) is 17.9. The van der Waals surface area contributed by atoms with Crippen molar-refractivity contribution in [3.63, 3.8) is 0 Å². The Hall–Kier alpha value is -5.74. The Morgan fingerprint density at radius 3 is 2.33 bits per heavy atom. The number of hydrazine groups is 1. The molecule has 274 valence electrons. The molecule has 0 bridgehead atoms. The van der Waals surface area contributed by atoms with Gasteiger partial charge in [0, 0.05) is 10.9 Å². The average molecular weight is 746 g/mol. The quantitative estimate of drug-likeness (QED) is 0.142. The minimum atomic E-state index is -1.50. The SMILES string of the molecule is CCc1ccc(N2C(=O)C3CC=C4C(CC5C(=O)N(Nc6ccc(F)cc6)C(=O)C5(c5ccc(Cl)cc5)C4C=Cc4ccc(O)c(OC)c4)C3C2=O)cc1. The number of nitrogens with zero attached hydrogens (tertiary/aromatic N) is 2. The Balaban J connectivity index is 1.29. The van der Waals surface area contributed by atoms with E-state index in [-0.39, 0.29) is 36.2 Å². The number of nitrogens with one attached hydrogen (secondary N) is 1. The second-order valence-electron chi connectivity index (χ2n) is 14.2. The third-order valence-electron chi connectivity index (χ3n) is 11.6. The van der Waals surface area contributed by atoms with E-state index in [0.717, 1.165) is 22.6 Å². The summed E-state index contributed by atoms with van der Waals surface area (Å²) in [6.07, 6.45) is 6.89. The molecule has 4 aromatic carbocycles. The zero-order valence-electron chi connectivity index (χ0n) is 29.5. The summed E-state index contributed by atoms with van der Waals surface area (Å²) < 4.78 is 19.2. The van der Waals surface area contributed by atoms with Crippen LogP contribution in [0.15, 0.2) is 109 Å². The van der Waals surface area contributed by atoms with Gasteiger partial charge in [-0.15, -0.1) is 0 Å². The van der Waals surface area contributed by atoms with Crippen molar-refractivity contribution >= 4 is 52.7 Å². The highest BCUT2D eigenvalue weighted by Gasteiger charge is 2.69. The molecule has 4 aromatic rings. The van der Waals surface area contributed by atoms with Gasteiger partial charge in [-0.3, -0.25) is 29.5 Å². The highest BCUT2D eigenvalue weighted by Crippen LogP contribution is 2.61. The van der Waals surface area contributed by atoms with Crippen LogP contribution < -0.4 is 15.1 Å². The number of benzene rings is 4. The van der Waals surface area contributed by atoms with E-state index in [1.165, 1.54) is 42.3 Å². The van der Waals surface area contributed by atoms with Crippen LogP contribution in [-0.2, 0) is 31.0 Å². The van der Waals surface area contributed by atoms with Crippen molar-refractivity contribution in [2.24, 2.45) is 29.6 Å². The number of hydrogen-bond acceptors (Lipinski definition) is 7. The first kappa shape index (κ1) is 35.3. The highest BCUT2D eigenvalue weighted by molar-refractivity contribution is 6.30. The number of aromatic hydroxyl groups is 1. The van der Waals surface area contributed by atoms with Crippen molar-refractivity contribution in [2.75, 3.05) is 17.4 Å². The number of fused-ring (bicyclic) bond motifs is 4. The fraction of sp³-hybridized carbons (Fsp3) is 0.256. The van der Waals surface area contributed by atoms with Crippen LogP contribution in [0.4, 0.5) is 15.8 Å². The molecule has 54 heavy (non-hydrogen) atoms. The lowest BCUT2D eigenvalue weighted by atomic mass is 9.50. The van der Waals surface area contributed by atoms with E-state index in [1.54, 1.807) is 48.5 Å². The molecule has 0 aromatic heterocycles. The van der Waals surface area contributed by atoms with Crippen molar-refractivity contribution in [1.82, 2.24) is 5.01 Å². The number of imide groups is 2. The summed E-state index contributed by atoms with van der Waals surface area (Å²) >= 11 is 6.37. The standard InChI is InChI=1S/C43H37ClFN3O6/c1-3-24-4-16-30(17-5-24)47-39(50)32-19-18-31-33(38(32)41(47)52)23-35-40(51)48(46-29-14-12-28(45)13-15-29)42(53)43(35,26-8-10-27(44)11-9-26)34(31)20-6-25-7-21-36(49)37(22-25)54-2/h4-18,20-22,32-35,38,46,49H,3,19,23H2,1-2H3. The molecule has 2 saturated heterocycles. The van der Waals surface area contributed by atoms with E-state index in [0.29, 0.717) is 27.5 Å². The van der Waals surface area contributed by atoms with Crippen LogP contribution in [0, 0.1) is 35.4 Å². The molecule has 6 atom stereocenters. The van der Waals surface area contributed by atoms with Gasteiger partial charge in [-0.25, -0.2) is 4.39 Å². The number of amides is 4. The fourth-order valence-corrected chi connectivity index (χ4v) is 9.17. The summed E-state index contributed by atoms with van der Waals surface area (Å²) in [5, 5.41) is 11.7. The average Bonchev–Trinajstić information content (AvgIpc) is 3.56. The maximum Gasteiger partial charge on any atom is 0.260 e. The first-order valence-corrected chi connectivity index (χ1v) is 18.3. The van der Waals surface area contributed by atoms with Gasteiger partial charge in [-0.1, -0.05) is 72.7 Å². The molecule has 0 spiro atoms. The molecule has 9 nitrogen and oxygen atoms in total. The molecule has 0 radical (unpaired) electrons. The highest BCUT2D eigenvalue weighted by atomic mass is 35.5. The minimum absolute atomic E-state index is 0.0384. The lowest BCUT2D eigenvalue weighted by Crippen LogP contribution is -2.54. The molecular weight excluding hydrogens is 709 g/mol. The van der Waals surface area contributed by atoms with E-state index < -0.39 is 52.6 Å². The molecule has 4 amide bonds. The number of ether oxygens (including phenoxy) is 1. The van der Waals surface area contributed by atoms with Gasteiger partial charge < -0.3 is 9.84 Å². The summed E-state index contributed by atoms with van der Waals surface area (Å²) in [6, 6.07) is 24.5. The molecule has 8 rings (SSSR count). The number of phenolic OH excluding ortho intramolecular Hbond substituents is 1. The van der Waals surface area contributed by atoms with Crippen LogP contribution in [0.1, 0.15) is 36.5 Å². The lowest BCUT2D eigenvalue weighted by Gasteiger charge is -2.49. The van der Waals surface area contributed by atoms with Crippen LogP contribution >= 0.6 is 11.6 Å². The number of rotatable bonds is 8. The number of hydrogen-bond donors (Lipinski definition) is 2. The van der Waals surface area contributed by atoms with Crippen molar-refractivity contribution in [2.45, 2.75) is 31.6 Å². The lowest BCUT2D eigenvalue weighted by molar-refractivity contribution is -0.139. The number of allylic oxidation sites excluding steroid dienone is 3. The smallest absolute Gasteiger partial charge is 0.260 e. The molecule has 3 fully saturated rings. The second kappa shape index (κ2) is 13.6. The molecule has 4 aliphatic rings. The Labute approximate surface area is 316 Å². The van der Waals surface area contributed by atoms with Gasteiger partial charge in [0.25, 0.3) is 11.8 Å². The van der Waals surface area contributed by atoms with Crippen LogP contribution in [-0.4, -0.2) is 40.9 Å². The van der Waals surface area contributed by atoms with Crippen molar-refractivity contribution < 1.29 is 33.4 Å². The van der Waals surface area contributed by atoms with Gasteiger partial charge in [0.2, 0.25) is 11.8 Å². The van der Waals surface area contributed by atoms with Gasteiger partial charge >= 0.3 is 0 Å². The van der Waals surface area contributed by atoms with Crippen molar-refractivity contribution in [1.29, 1.82) is 0 Å². The summed E-state index contributed by atoms with van der Waals surface area (Å²) in [7, 11) is 1.45. The number of aryl methyl sites for hydroxylation is 1. The predicted octanol–water partition coefficient (Wildman–Crippen LogP) is 7.49. The van der Waals surface area contributed by atoms with E-state index in [1.807, 2.05) is 37.3 Å². The fourth-order valence-electron chi connectivity index (χ4n) is 9.04. The van der Waals surface area contributed by atoms with Gasteiger partial charge in [-0.05, 0) is 103 Å². The molecule has 2 aliphatic carbocycles. The third kappa shape index (κ3) is 5.50. The summed E-state index contributed by atoms with van der Waals surface area (Å²) in [6.45, 7) is 2.03. The van der Waals surface area contributed by atoms with E-state index in [9.17, 15) is 23.9 Å². The summed E-state index contributed by atoms with van der Waals surface area (Å²) in [5.41, 5.74) is 5.39. The zero-order valence-corrected chi connectivity index (χ0v) is 30.3. The number of carbonyl (C=O) groups excluding carboxylic acids is 4. The number of anilines is 2. The minimum Gasteiger partial charge on any atom is -0.504 e. The van der Waals surface area contributed by atoms with Crippen LogP contribution in [0.3, 0.4) is 0 Å². The van der Waals surface area contributed by atoms with E-state index in [2.05, 4.69) is 5.43 Å². The van der Waals surface area contributed by atoms with Crippen molar-refractivity contribution in [3.05, 3.63) is 136 Å². The summed E-state index contributed by atoms with van der Waals surface area (Å²) in [4.78, 5) is 59.8. The normalized spacial score (nSPS) is 26.1. The van der Waals surface area contributed by atoms with Crippen LogP contribution in [0.2, 0.25) is 5.02 Å². The number of carbonyl (C=O) groups is 4. The van der Waals surface area contributed by atoms with Gasteiger partial charge in [-0.2, -0.15) is 5.01 Å². The second-order valence-corrected chi connectivity index (χ2v) is 14.7. The predicted molar refractivity (Wildman–Crippen MR) is 202 cm³/mol. The monoisotopic (exact) mass is 745 g/mol. The molecule has 2 aliphatic heterocycles. The molecular formula is C43H37ClFN3O6. The Bertz CT molecular complexity index is 2240. The molecule has 1 saturated carbocycles. The Morgan fingerprint density at radius 2 is 1.65 bits per heavy atom. The summed E-state index contributed by atoms with van der Waals surface area (Å²) in [5.74, 6) is -5.55. The number of methoxy groups -OCH3 is 1. The Kier molecular flexibility index (Phi) is 8.88. The van der Waals surface area contributed by atoms with Crippen molar-refractivity contribution in [3.8, 4) is 11.5 Å². The maximum atomic E-state index is 15.2. The molecule has 11 heteroatoms. The molecule has 2 heterocycles. The van der Waals surface area contributed by atoms with E-state index in [4.69, 9.17) is 16.3 Å². The molecule has 2 N–H and O–H groups in total. The van der Waals surface area contributed by atoms with Crippen LogP contribution in [0.5, 0.6) is 11.5 Å². The maximum absolute atomic E-state index is 15.2. The van der Waals surface area contributed by atoms with E-state index >= 15 is 4.79 Å². The zero-order chi connectivity index (χ0) is 37.9.